The molecule has 5 heteroatoms. The van der Waals surface area contributed by atoms with Crippen LogP contribution in [-0.4, -0.2) is 37.7 Å². The third kappa shape index (κ3) is 2.89. The van der Waals surface area contributed by atoms with Crippen molar-refractivity contribution in [1.82, 2.24) is 19.7 Å². The molecular formula is C17H22N4O. The summed E-state index contributed by atoms with van der Waals surface area (Å²) in [5.41, 5.74) is 1.65. The minimum absolute atomic E-state index is 0.133. The van der Waals surface area contributed by atoms with Gasteiger partial charge in [-0.3, -0.25) is 4.79 Å². The van der Waals surface area contributed by atoms with Crippen LogP contribution in [0.3, 0.4) is 0 Å². The molecule has 0 aliphatic heterocycles. The largest absolute Gasteiger partial charge is 0.333 e. The Bertz CT molecular complexity index is 629. The Morgan fingerprint density at radius 1 is 1.23 bits per heavy atom. The molecule has 0 N–H and O–H groups in total. The van der Waals surface area contributed by atoms with E-state index in [2.05, 4.69) is 35.8 Å². The maximum Gasteiger partial charge on any atom is 0.254 e. The van der Waals surface area contributed by atoms with Gasteiger partial charge in [-0.15, -0.1) is 0 Å². The van der Waals surface area contributed by atoms with Crippen LogP contribution in [0.25, 0.3) is 5.69 Å². The van der Waals surface area contributed by atoms with Gasteiger partial charge < -0.3 is 4.90 Å². The fraction of sp³-hybridized carbons (Fsp3) is 0.471. The number of rotatable bonds is 5. The Morgan fingerprint density at radius 3 is 2.41 bits per heavy atom. The van der Waals surface area contributed by atoms with Gasteiger partial charge in [0.1, 0.15) is 12.7 Å². The van der Waals surface area contributed by atoms with Gasteiger partial charge in [-0.05, 0) is 49.9 Å². The molecule has 1 saturated carbocycles. The van der Waals surface area contributed by atoms with Gasteiger partial charge in [-0.2, -0.15) is 5.10 Å². The van der Waals surface area contributed by atoms with Gasteiger partial charge in [0.15, 0.2) is 0 Å². The molecule has 116 valence electrons. The zero-order valence-electron chi connectivity index (χ0n) is 13.3. The van der Waals surface area contributed by atoms with E-state index in [1.54, 1.807) is 11.0 Å². The Morgan fingerprint density at radius 2 is 1.91 bits per heavy atom. The summed E-state index contributed by atoms with van der Waals surface area (Å²) in [5.74, 6) is 0.591. The third-order valence-corrected chi connectivity index (χ3v) is 4.38. The lowest BCUT2D eigenvalue weighted by molar-refractivity contribution is 0.0628. The van der Waals surface area contributed by atoms with Gasteiger partial charge in [0.25, 0.3) is 5.91 Å². The van der Waals surface area contributed by atoms with Crippen LogP contribution < -0.4 is 0 Å². The van der Waals surface area contributed by atoms with Crippen molar-refractivity contribution >= 4 is 5.91 Å². The fourth-order valence-corrected chi connectivity index (χ4v) is 2.60. The van der Waals surface area contributed by atoms with Crippen molar-refractivity contribution in [2.75, 3.05) is 0 Å². The summed E-state index contributed by atoms with van der Waals surface area (Å²) < 4.78 is 1.68. The lowest BCUT2D eigenvalue weighted by atomic mass is 10.0. The van der Waals surface area contributed by atoms with Gasteiger partial charge in [0, 0.05) is 17.6 Å². The SMILES string of the molecule is CC(C)[C@H](C)N(C(=O)c1ccc(-n2cncn2)cc1)C1CC1. The van der Waals surface area contributed by atoms with Crippen molar-refractivity contribution in [1.29, 1.82) is 0 Å². The van der Waals surface area contributed by atoms with Crippen LogP contribution in [0.4, 0.5) is 0 Å². The molecule has 1 fully saturated rings. The predicted octanol–water partition coefficient (Wildman–Crippen LogP) is 2.92. The molecule has 0 spiro atoms. The van der Waals surface area contributed by atoms with E-state index < -0.39 is 0 Å². The molecular weight excluding hydrogens is 276 g/mol. The van der Waals surface area contributed by atoms with E-state index in [4.69, 9.17) is 0 Å². The highest BCUT2D eigenvalue weighted by atomic mass is 16.2. The summed E-state index contributed by atoms with van der Waals surface area (Å²) in [4.78, 5) is 18.9. The minimum Gasteiger partial charge on any atom is -0.333 e. The molecule has 0 unspecified atom stereocenters. The Kier molecular flexibility index (Phi) is 3.96. The number of amides is 1. The van der Waals surface area contributed by atoms with Crippen LogP contribution >= 0.6 is 0 Å². The van der Waals surface area contributed by atoms with Crippen molar-refractivity contribution in [2.45, 2.75) is 45.7 Å². The summed E-state index contributed by atoms with van der Waals surface area (Å²) in [6, 6.07) is 8.25. The second-order valence-corrected chi connectivity index (χ2v) is 6.32. The average molecular weight is 298 g/mol. The third-order valence-electron chi connectivity index (χ3n) is 4.38. The summed E-state index contributed by atoms with van der Waals surface area (Å²) in [6.07, 6.45) is 5.39. The standard InChI is InChI=1S/C17H22N4O/c1-12(2)13(3)21(16-8-9-16)17(22)14-4-6-15(7-5-14)20-11-18-10-19-20/h4-7,10-13,16H,8-9H2,1-3H3/t13-/m0/s1. The van der Waals surface area contributed by atoms with Crippen LogP contribution in [0.5, 0.6) is 0 Å². The number of benzene rings is 1. The molecule has 1 aliphatic rings. The Hall–Kier alpha value is -2.17. The molecule has 1 aromatic heterocycles. The molecule has 0 saturated heterocycles. The van der Waals surface area contributed by atoms with E-state index in [-0.39, 0.29) is 11.9 Å². The number of carbonyl (C=O) groups excluding carboxylic acids is 1. The van der Waals surface area contributed by atoms with Crippen molar-refractivity contribution in [3.8, 4) is 5.69 Å². The zero-order valence-corrected chi connectivity index (χ0v) is 13.3. The van der Waals surface area contributed by atoms with Crippen LogP contribution in [0.15, 0.2) is 36.9 Å². The molecule has 0 radical (unpaired) electrons. The van der Waals surface area contributed by atoms with Crippen LogP contribution in [0.1, 0.15) is 44.0 Å². The summed E-state index contributed by atoms with van der Waals surface area (Å²) in [5, 5.41) is 4.10. The van der Waals surface area contributed by atoms with Crippen LogP contribution in [0, 0.1) is 5.92 Å². The first-order valence-electron chi connectivity index (χ1n) is 7.85. The Balaban J connectivity index is 1.81. The monoisotopic (exact) mass is 298 g/mol. The van der Waals surface area contributed by atoms with E-state index in [0.29, 0.717) is 12.0 Å². The first-order chi connectivity index (χ1) is 10.6. The smallest absolute Gasteiger partial charge is 0.254 e. The van der Waals surface area contributed by atoms with E-state index in [0.717, 1.165) is 24.1 Å². The molecule has 1 atom stereocenters. The second-order valence-electron chi connectivity index (χ2n) is 6.32. The van der Waals surface area contributed by atoms with E-state index >= 15 is 0 Å². The lowest BCUT2D eigenvalue weighted by Gasteiger charge is -2.32. The number of hydrogen-bond donors (Lipinski definition) is 0. The number of hydrogen-bond acceptors (Lipinski definition) is 3. The van der Waals surface area contributed by atoms with Gasteiger partial charge in [-0.1, -0.05) is 13.8 Å². The maximum absolute atomic E-state index is 12.9. The van der Waals surface area contributed by atoms with E-state index in [9.17, 15) is 4.79 Å². The van der Waals surface area contributed by atoms with Crippen LogP contribution in [0.2, 0.25) is 0 Å². The topological polar surface area (TPSA) is 51.0 Å². The predicted molar refractivity (Wildman–Crippen MR) is 84.9 cm³/mol. The van der Waals surface area contributed by atoms with Crippen molar-refractivity contribution in [3.05, 3.63) is 42.5 Å². The molecule has 22 heavy (non-hydrogen) atoms. The highest BCUT2D eigenvalue weighted by Crippen LogP contribution is 2.32. The minimum atomic E-state index is 0.133. The molecule has 2 aromatic rings. The van der Waals surface area contributed by atoms with Gasteiger partial charge in [0.05, 0.1) is 5.69 Å². The molecule has 1 aromatic carbocycles. The first kappa shape index (κ1) is 14.8. The quantitative estimate of drug-likeness (QED) is 0.853. The number of nitrogens with zero attached hydrogens (tertiary/aromatic N) is 4. The zero-order chi connectivity index (χ0) is 15.7. The molecule has 3 rings (SSSR count). The average Bonchev–Trinajstić information content (AvgIpc) is 3.19. The molecule has 1 aliphatic carbocycles. The molecule has 5 nitrogen and oxygen atoms in total. The van der Waals surface area contributed by atoms with Gasteiger partial charge in [0.2, 0.25) is 0 Å². The van der Waals surface area contributed by atoms with E-state index in [1.165, 1.54) is 6.33 Å². The molecule has 1 heterocycles. The second kappa shape index (κ2) is 5.91. The Labute approximate surface area is 131 Å². The van der Waals surface area contributed by atoms with Crippen molar-refractivity contribution in [2.24, 2.45) is 5.92 Å². The van der Waals surface area contributed by atoms with Gasteiger partial charge >= 0.3 is 0 Å². The summed E-state index contributed by atoms with van der Waals surface area (Å²) in [6.45, 7) is 6.48. The van der Waals surface area contributed by atoms with Crippen molar-refractivity contribution in [3.63, 3.8) is 0 Å². The summed E-state index contributed by atoms with van der Waals surface area (Å²) >= 11 is 0. The van der Waals surface area contributed by atoms with Gasteiger partial charge in [-0.25, -0.2) is 9.67 Å². The fourth-order valence-electron chi connectivity index (χ4n) is 2.60. The highest BCUT2D eigenvalue weighted by Gasteiger charge is 2.36. The highest BCUT2D eigenvalue weighted by molar-refractivity contribution is 5.95. The van der Waals surface area contributed by atoms with E-state index in [1.807, 2.05) is 24.3 Å². The summed E-state index contributed by atoms with van der Waals surface area (Å²) in [7, 11) is 0. The maximum atomic E-state index is 12.9. The normalized spacial score (nSPS) is 15.8. The molecule has 1 amide bonds. The number of carbonyl (C=O) groups is 1. The first-order valence-corrected chi connectivity index (χ1v) is 7.85. The lowest BCUT2D eigenvalue weighted by Crippen LogP contribution is -2.43. The molecule has 0 bridgehead atoms. The van der Waals surface area contributed by atoms with Crippen molar-refractivity contribution < 1.29 is 4.79 Å². The van der Waals surface area contributed by atoms with Crippen LogP contribution in [-0.2, 0) is 0 Å². The number of aromatic nitrogens is 3.